The van der Waals surface area contributed by atoms with E-state index in [0.29, 0.717) is 16.8 Å². The molecule has 2 heterocycles. The number of rotatable bonds is 6. The Morgan fingerprint density at radius 1 is 1.00 bits per heavy atom. The molecule has 3 aromatic rings. The Bertz CT molecular complexity index is 1140. The number of nitrogens with two attached hydrogens (primary N) is 2. The molecule has 0 atom stereocenters. The molecular formula is C21H21N7O3. The summed E-state index contributed by atoms with van der Waals surface area (Å²) in [4.78, 5) is 50.5. The normalized spacial score (nSPS) is 10.4. The minimum absolute atomic E-state index is 0.0739. The molecule has 1 aromatic carbocycles. The zero-order chi connectivity index (χ0) is 22.5. The first-order valence-electron chi connectivity index (χ1n) is 9.25. The first-order chi connectivity index (χ1) is 14.8. The highest BCUT2D eigenvalue weighted by atomic mass is 16.2. The lowest BCUT2D eigenvalue weighted by Crippen LogP contribution is -2.31. The molecule has 10 nitrogen and oxygen atoms in total. The number of carbonyl (C=O) groups is 3. The number of aromatic nitrogens is 3. The molecular weight excluding hydrogens is 398 g/mol. The molecule has 0 bridgehead atoms. The fraction of sp³-hybridized carbons (Fsp3) is 0.143. The summed E-state index contributed by atoms with van der Waals surface area (Å²) in [7, 11) is 3.33. The molecule has 0 aliphatic rings. The van der Waals surface area contributed by atoms with Crippen molar-refractivity contribution in [2.24, 2.45) is 0 Å². The van der Waals surface area contributed by atoms with Gasteiger partial charge in [-0.2, -0.15) is 0 Å². The van der Waals surface area contributed by atoms with Gasteiger partial charge in [0, 0.05) is 25.2 Å². The van der Waals surface area contributed by atoms with Gasteiger partial charge in [0.05, 0.1) is 18.4 Å². The topological polar surface area (TPSA) is 157 Å². The molecule has 5 N–H and O–H groups in total. The molecule has 0 aliphatic carbocycles. The number of carbonyl (C=O) groups excluding carboxylic acids is 3. The number of hydrogen-bond donors (Lipinski definition) is 3. The maximum absolute atomic E-state index is 12.5. The standard InChI is InChI=1S/C21H21N7O3/c1-28(2)21(31)13-8-6-12(7-9-13)15-10-24-19(23)18(27-15)20(30)25-11-16(29)14-4-3-5-17(22)26-14/h3-10H,11H2,1-2H3,(H2,22,26)(H2,23,24)(H,25,30). The summed E-state index contributed by atoms with van der Waals surface area (Å²) in [5, 5.41) is 2.47. The third-order valence-corrected chi connectivity index (χ3v) is 4.32. The smallest absolute Gasteiger partial charge is 0.274 e. The van der Waals surface area contributed by atoms with Crippen molar-refractivity contribution in [1.82, 2.24) is 25.2 Å². The van der Waals surface area contributed by atoms with Crippen molar-refractivity contribution in [2.75, 3.05) is 32.1 Å². The molecule has 2 aromatic heterocycles. The zero-order valence-electron chi connectivity index (χ0n) is 17.0. The average molecular weight is 419 g/mol. The van der Waals surface area contributed by atoms with Crippen molar-refractivity contribution >= 4 is 29.2 Å². The highest BCUT2D eigenvalue weighted by molar-refractivity contribution is 6.02. The largest absolute Gasteiger partial charge is 0.384 e. The summed E-state index contributed by atoms with van der Waals surface area (Å²) >= 11 is 0. The molecule has 10 heteroatoms. The molecule has 3 rings (SSSR count). The van der Waals surface area contributed by atoms with E-state index in [1.54, 1.807) is 50.5 Å². The molecule has 0 radical (unpaired) electrons. The van der Waals surface area contributed by atoms with E-state index < -0.39 is 11.7 Å². The fourth-order valence-corrected chi connectivity index (χ4v) is 2.69. The molecule has 0 aliphatic heterocycles. The number of benzene rings is 1. The first-order valence-corrected chi connectivity index (χ1v) is 9.25. The fourth-order valence-electron chi connectivity index (χ4n) is 2.69. The number of amides is 2. The minimum atomic E-state index is -0.650. The number of ketones is 1. The summed E-state index contributed by atoms with van der Waals surface area (Å²) < 4.78 is 0. The lowest BCUT2D eigenvalue weighted by Gasteiger charge is -2.11. The van der Waals surface area contributed by atoms with Gasteiger partial charge < -0.3 is 21.7 Å². The van der Waals surface area contributed by atoms with Crippen LogP contribution in [0.1, 0.15) is 31.3 Å². The second-order valence-electron chi connectivity index (χ2n) is 6.82. The Morgan fingerprint density at radius 2 is 1.71 bits per heavy atom. The molecule has 0 fully saturated rings. The van der Waals surface area contributed by atoms with E-state index in [4.69, 9.17) is 11.5 Å². The number of nitrogens with zero attached hydrogens (tertiary/aromatic N) is 4. The van der Waals surface area contributed by atoms with Gasteiger partial charge in [-0.1, -0.05) is 18.2 Å². The molecule has 0 unspecified atom stereocenters. The van der Waals surface area contributed by atoms with Crippen LogP contribution in [0.15, 0.2) is 48.7 Å². The minimum Gasteiger partial charge on any atom is -0.384 e. The van der Waals surface area contributed by atoms with Gasteiger partial charge in [0.25, 0.3) is 11.8 Å². The lowest BCUT2D eigenvalue weighted by molar-refractivity contribution is 0.0827. The zero-order valence-corrected chi connectivity index (χ0v) is 17.0. The highest BCUT2D eigenvalue weighted by Crippen LogP contribution is 2.19. The molecule has 2 amide bonds. The van der Waals surface area contributed by atoms with Crippen molar-refractivity contribution < 1.29 is 14.4 Å². The van der Waals surface area contributed by atoms with Gasteiger partial charge in [0.15, 0.2) is 17.3 Å². The van der Waals surface area contributed by atoms with E-state index >= 15 is 0 Å². The van der Waals surface area contributed by atoms with Crippen LogP contribution in [0, 0.1) is 0 Å². The molecule has 0 saturated carbocycles. The Labute approximate surface area is 178 Å². The lowest BCUT2D eigenvalue weighted by atomic mass is 10.1. The van der Waals surface area contributed by atoms with E-state index in [9.17, 15) is 14.4 Å². The third-order valence-electron chi connectivity index (χ3n) is 4.32. The van der Waals surface area contributed by atoms with Crippen LogP contribution in [-0.4, -0.2) is 58.1 Å². The van der Waals surface area contributed by atoms with Crippen LogP contribution in [0.2, 0.25) is 0 Å². The summed E-state index contributed by atoms with van der Waals surface area (Å²) in [6.07, 6.45) is 1.43. The number of anilines is 2. The van der Waals surface area contributed by atoms with Gasteiger partial charge in [-0.15, -0.1) is 0 Å². The van der Waals surface area contributed by atoms with Gasteiger partial charge in [0.1, 0.15) is 11.5 Å². The average Bonchev–Trinajstić information content (AvgIpc) is 2.77. The van der Waals surface area contributed by atoms with Crippen LogP contribution in [0.25, 0.3) is 11.3 Å². The number of pyridine rings is 1. The molecule has 0 spiro atoms. The number of hydrogen-bond acceptors (Lipinski definition) is 8. The Morgan fingerprint density at radius 3 is 2.35 bits per heavy atom. The number of nitrogen functional groups attached to an aromatic ring is 2. The Balaban J connectivity index is 1.75. The van der Waals surface area contributed by atoms with E-state index in [0.717, 1.165) is 0 Å². The summed E-state index contributed by atoms with van der Waals surface area (Å²) in [5.41, 5.74) is 13.0. The summed E-state index contributed by atoms with van der Waals surface area (Å²) in [5.74, 6) is -1.06. The predicted molar refractivity (Wildman–Crippen MR) is 115 cm³/mol. The van der Waals surface area contributed by atoms with Crippen LogP contribution >= 0.6 is 0 Å². The molecule has 158 valence electrons. The first kappa shape index (κ1) is 21.4. The second kappa shape index (κ2) is 8.99. The second-order valence-corrected chi connectivity index (χ2v) is 6.82. The van der Waals surface area contributed by atoms with Crippen molar-refractivity contribution in [3.05, 3.63) is 65.6 Å². The van der Waals surface area contributed by atoms with Gasteiger partial charge in [-0.3, -0.25) is 14.4 Å². The van der Waals surface area contributed by atoms with Crippen LogP contribution < -0.4 is 16.8 Å². The van der Waals surface area contributed by atoms with Gasteiger partial charge >= 0.3 is 0 Å². The van der Waals surface area contributed by atoms with E-state index in [1.807, 2.05) is 0 Å². The maximum atomic E-state index is 12.5. The van der Waals surface area contributed by atoms with Gasteiger partial charge in [-0.25, -0.2) is 15.0 Å². The summed E-state index contributed by atoms with van der Waals surface area (Å²) in [6, 6.07) is 11.4. The van der Waals surface area contributed by atoms with E-state index in [2.05, 4.69) is 20.3 Å². The van der Waals surface area contributed by atoms with Crippen LogP contribution in [0.3, 0.4) is 0 Å². The van der Waals surface area contributed by atoms with Crippen molar-refractivity contribution in [3.8, 4) is 11.3 Å². The Kier molecular flexibility index (Phi) is 6.20. The van der Waals surface area contributed by atoms with E-state index in [-0.39, 0.29) is 35.5 Å². The number of nitrogens with one attached hydrogen (secondary N) is 1. The van der Waals surface area contributed by atoms with Gasteiger partial charge in [0.2, 0.25) is 0 Å². The van der Waals surface area contributed by atoms with E-state index in [1.165, 1.54) is 17.2 Å². The summed E-state index contributed by atoms with van der Waals surface area (Å²) in [6.45, 7) is -0.304. The van der Waals surface area contributed by atoms with Crippen molar-refractivity contribution in [1.29, 1.82) is 0 Å². The Hall–Kier alpha value is -4.34. The SMILES string of the molecule is CN(C)C(=O)c1ccc(-c2cnc(N)c(C(=O)NCC(=O)c3cccc(N)n3)n2)cc1. The predicted octanol–water partition coefficient (Wildman–Crippen LogP) is 1.02. The third kappa shape index (κ3) is 4.99. The highest BCUT2D eigenvalue weighted by Gasteiger charge is 2.17. The molecule has 31 heavy (non-hydrogen) atoms. The van der Waals surface area contributed by atoms with Crippen LogP contribution in [0.4, 0.5) is 11.6 Å². The van der Waals surface area contributed by atoms with Crippen molar-refractivity contribution in [3.63, 3.8) is 0 Å². The maximum Gasteiger partial charge on any atom is 0.274 e. The monoisotopic (exact) mass is 419 g/mol. The van der Waals surface area contributed by atoms with Crippen LogP contribution in [0.5, 0.6) is 0 Å². The quantitative estimate of drug-likeness (QED) is 0.500. The number of Topliss-reactive ketones (excluding diaryl/α,β-unsaturated/α-hetero) is 1. The van der Waals surface area contributed by atoms with Crippen molar-refractivity contribution in [2.45, 2.75) is 0 Å². The van der Waals surface area contributed by atoms with Crippen LogP contribution in [-0.2, 0) is 0 Å². The van der Waals surface area contributed by atoms with Gasteiger partial charge in [-0.05, 0) is 24.3 Å². The molecule has 0 saturated heterocycles.